The smallest absolute Gasteiger partial charge is 0.409 e. The minimum absolute atomic E-state index is 0.115. The maximum absolute atomic E-state index is 13.0. The van der Waals surface area contributed by atoms with Crippen LogP contribution in [0.3, 0.4) is 0 Å². The van der Waals surface area contributed by atoms with Crippen molar-refractivity contribution in [1.29, 1.82) is 0 Å². The highest BCUT2D eigenvalue weighted by atomic mass is 32.2. The van der Waals surface area contributed by atoms with Gasteiger partial charge in [0.25, 0.3) is 15.9 Å². The van der Waals surface area contributed by atoms with Crippen LogP contribution in [0.5, 0.6) is 0 Å². The predicted octanol–water partition coefficient (Wildman–Crippen LogP) is 2.35. The number of sulfonamides is 1. The molecule has 4 rings (SSSR count). The first-order valence-corrected chi connectivity index (χ1v) is 11.8. The summed E-state index contributed by atoms with van der Waals surface area (Å²) in [6.07, 6.45) is 0.200. The largest absolute Gasteiger partial charge is 0.450 e. The number of anilines is 1. The Hall–Kier alpha value is -3.07. The lowest BCUT2D eigenvalue weighted by molar-refractivity contribution is 0.0570. The summed E-state index contributed by atoms with van der Waals surface area (Å²) in [5.41, 5.74) is 1.99. The highest BCUT2D eigenvalue weighted by molar-refractivity contribution is 7.92. The maximum Gasteiger partial charge on any atom is 0.409 e. The number of amides is 2. The molecule has 0 spiro atoms. The van der Waals surface area contributed by atoms with Crippen LogP contribution < -0.4 is 4.31 Å². The quantitative estimate of drug-likeness (QED) is 0.724. The van der Waals surface area contributed by atoms with E-state index in [1.54, 1.807) is 65.3 Å². The molecular formula is C22H25N3O5S. The first kappa shape index (κ1) is 21.2. The highest BCUT2D eigenvalue weighted by Gasteiger charge is 2.32. The molecule has 0 aliphatic carbocycles. The second kappa shape index (κ2) is 8.58. The van der Waals surface area contributed by atoms with Crippen molar-refractivity contribution in [2.24, 2.45) is 0 Å². The standard InChI is InChI=1S/C22H25N3O5S/c1-2-30-22(27)24-14-12-23(13-15-24)21(26)18-8-9-20-17(16-18)10-11-25(20)31(28,29)19-6-4-3-5-7-19/h3-9,16H,2,10-15H2,1H3. The number of carbonyl (C=O) groups is 2. The highest BCUT2D eigenvalue weighted by Crippen LogP contribution is 2.33. The fourth-order valence-electron chi connectivity index (χ4n) is 3.96. The first-order chi connectivity index (χ1) is 14.9. The van der Waals surface area contributed by atoms with Crippen molar-refractivity contribution in [3.05, 3.63) is 59.7 Å². The molecule has 2 aromatic rings. The van der Waals surface area contributed by atoms with Crippen LogP contribution in [0, 0.1) is 0 Å². The van der Waals surface area contributed by atoms with Crippen molar-refractivity contribution in [3.63, 3.8) is 0 Å². The molecule has 0 unspecified atom stereocenters. The van der Waals surface area contributed by atoms with Gasteiger partial charge in [-0.1, -0.05) is 18.2 Å². The number of benzene rings is 2. The number of fused-ring (bicyclic) bond motifs is 1. The molecular weight excluding hydrogens is 418 g/mol. The van der Waals surface area contributed by atoms with Gasteiger partial charge in [-0.2, -0.15) is 0 Å². The second-order valence-corrected chi connectivity index (χ2v) is 9.32. The van der Waals surface area contributed by atoms with E-state index >= 15 is 0 Å². The van der Waals surface area contributed by atoms with E-state index < -0.39 is 10.0 Å². The minimum atomic E-state index is -3.64. The normalized spacial score (nSPS) is 16.2. The van der Waals surface area contributed by atoms with Gasteiger partial charge in [0.1, 0.15) is 0 Å². The number of hydrogen-bond acceptors (Lipinski definition) is 5. The molecule has 2 amide bonds. The van der Waals surface area contributed by atoms with E-state index in [0.29, 0.717) is 57.0 Å². The van der Waals surface area contributed by atoms with Gasteiger partial charge >= 0.3 is 6.09 Å². The van der Waals surface area contributed by atoms with Crippen LogP contribution in [0.1, 0.15) is 22.8 Å². The second-order valence-electron chi connectivity index (χ2n) is 7.46. The molecule has 0 radical (unpaired) electrons. The fourth-order valence-corrected chi connectivity index (χ4v) is 5.49. The van der Waals surface area contributed by atoms with Gasteiger partial charge in [-0.3, -0.25) is 9.10 Å². The zero-order valence-corrected chi connectivity index (χ0v) is 18.2. The fraction of sp³-hybridized carbons (Fsp3) is 0.364. The third-order valence-electron chi connectivity index (χ3n) is 5.60. The number of carbonyl (C=O) groups excluding carboxylic acids is 2. The molecule has 9 heteroatoms. The minimum Gasteiger partial charge on any atom is -0.450 e. The Morgan fingerprint density at radius 1 is 0.935 bits per heavy atom. The Bertz CT molecular complexity index is 1080. The van der Waals surface area contributed by atoms with Gasteiger partial charge in [0.15, 0.2) is 0 Å². The van der Waals surface area contributed by atoms with Gasteiger partial charge in [0, 0.05) is 38.3 Å². The van der Waals surface area contributed by atoms with Crippen LogP contribution in [-0.2, 0) is 21.2 Å². The molecule has 2 aliphatic heterocycles. The van der Waals surface area contributed by atoms with Crippen LogP contribution in [0.4, 0.5) is 10.5 Å². The molecule has 164 valence electrons. The molecule has 1 fully saturated rings. The van der Waals surface area contributed by atoms with Crippen LogP contribution in [0.15, 0.2) is 53.4 Å². The summed E-state index contributed by atoms with van der Waals surface area (Å²) >= 11 is 0. The summed E-state index contributed by atoms with van der Waals surface area (Å²) in [5.74, 6) is -0.115. The molecule has 0 aromatic heterocycles. The number of ether oxygens (including phenoxy) is 1. The third kappa shape index (κ3) is 4.10. The number of nitrogens with zero attached hydrogens (tertiary/aromatic N) is 3. The zero-order valence-electron chi connectivity index (χ0n) is 17.4. The van der Waals surface area contributed by atoms with Crippen molar-refractivity contribution in [2.45, 2.75) is 18.2 Å². The Morgan fingerprint density at radius 3 is 2.29 bits per heavy atom. The Balaban J connectivity index is 1.47. The summed E-state index contributed by atoms with van der Waals surface area (Å²) in [5, 5.41) is 0. The van der Waals surface area contributed by atoms with Crippen LogP contribution >= 0.6 is 0 Å². The van der Waals surface area contributed by atoms with E-state index in [0.717, 1.165) is 5.56 Å². The van der Waals surface area contributed by atoms with Crippen LogP contribution in [0.25, 0.3) is 0 Å². The number of rotatable bonds is 4. The molecule has 8 nitrogen and oxygen atoms in total. The van der Waals surface area contributed by atoms with E-state index in [4.69, 9.17) is 4.74 Å². The lowest BCUT2D eigenvalue weighted by atomic mass is 10.1. The lowest BCUT2D eigenvalue weighted by Crippen LogP contribution is -2.50. The molecule has 2 aromatic carbocycles. The van der Waals surface area contributed by atoms with Gasteiger partial charge in [0.05, 0.1) is 17.2 Å². The monoisotopic (exact) mass is 443 g/mol. The summed E-state index contributed by atoms with van der Waals surface area (Å²) in [6, 6.07) is 13.5. The average molecular weight is 444 g/mol. The summed E-state index contributed by atoms with van der Waals surface area (Å²) < 4.78 is 32.4. The van der Waals surface area contributed by atoms with E-state index in [1.165, 1.54) is 4.31 Å². The number of hydrogen-bond donors (Lipinski definition) is 0. The van der Waals surface area contributed by atoms with Crippen LogP contribution in [-0.4, -0.2) is 69.5 Å². The van der Waals surface area contributed by atoms with E-state index in [-0.39, 0.29) is 16.9 Å². The molecule has 0 N–H and O–H groups in total. The number of piperazine rings is 1. The predicted molar refractivity (Wildman–Crippen MR) is 116 cm³/mol. The molecule has 0 saturated carbocycles. The van der Waals surface area contributed by atoms with Gasteiger partial charge in [0.2, 0.25) is 0 Å². The summed E-state index contributed by atoms with van der Waals surface area (Å²) in [6.45, 7) is 4.16. The maximum atomic E-state index is 13.0. The molecule has 0 atom stereocenters. The van der Waals surface area contributed by atoms with Crippen molar-refractivity contribution in [3.8, 4) is 0 Å². The first-order valence-electron chi connectivity index (χ1n) is 10.3. The molecule has 2 aliphatic rings. The third-order valence-corrected chi connectivity index (χ3v) is 7.43. The van der Waals surface area contributed by atoms with E-state index in [2.05, 4.69) is 0 Å². The molecule has 2 heterocycles. The summed E-state index contributed by atoms with van der Waals surface area (Å²) in [4.78, 5) is 28.4. The molecule has 0 bridgehead atoms. The van der Waals surface area contributed by atoms with Crippen molar-refractivity contribution in [1.82, 2.24) is 9.80 Å². The van der Waals surface area contributed by atoms with Gasteiger partial charge in [-0.25, -0.2) is 13.2 Å². The average Bonchev–Trinajstić information content (AvgIpc) is 3.23. The Kier molecular flexibility index (Phi) is 5.86. The van der Waals surface area contributed by atoms with E-state index in [9.17, 15) is 18.0 Å². The lowest BCUT2D eigenvalue weighted by Gasteiger charge is -2.34. The van der Waals surface area contributed by atoms with E-state index in [1.807, 2.05) is 0 Å². The van der Waals surface area contributed by atoms with Crippen molar-refractivity contribution >= 4 is 27.7 Å². The van der Waals surface area contributed by atoms with Crippen LogP contribution in [0.2, 0.25) is 0 Å². The molecule has 1 saturated heterocycles. The zero-order chi connectivity index (χ0) is 22.0. The van der Waals surface area contributed by atoms with Crippen molar-refractivity contribution < 1.29 is 22.7 Å². The summed E-state index contributed by atoms with van der Waals surface area (Å²) in [7, 11) is -3.64. The van der Waals surface area contributed by atoms with Crippen molar-refractivity contribution in [2.75, 3.05) is 43.6 Å². The van der Waals surface area contributed by atoms with Gasteiger partial charge < -0.3 is 14.5 Å². The van der Waals surface area contributed by atoms with Gasteiger partial charge in [-0.05, 0) is 49.2 Å². The van der Waals surface area contributed by atoms with Gasteiger partial charge in [-0.15, -0.1) is 0 Å². The SMILES string of the molecule is CCOC(=O)N1CCN(C(=O)c2ccc3c(c2)CCN3S(=O)(=O)c2ccccc2)CC1. The molecule has 31 heavy (non-hydrogen) atoms. The Morgan fingerprint density at radius 2 is 1.61 bits per heavy atom. The Labute approximate surface area is 182 Å². The topological polar surface area (TPSA) is 87.2 Å².